The third-order valence-corrected chi connectivity index (χ3v) is 8.02. The van der Waals surface area contributed by atoms with Crippen molar-refractivity contribution in [3.8, 4) is 11.5 Å². The minimum absolute atomic E-state index is 0.211. The molecular formula is C29H34N2O3S. The van der Waals surface area contributed by atoms with Gasteiger partial charge in [0.1, 0.15) is 6.29 Å². The normalized spacial score (nSPS) is 20.0. The van der Waals surface area contributed by atoms with E-state index in [9.17, 15) is 4.79 Å². The SMILES string of the molecule is COc1ccc(N2CCN([C@H](C=O)c3ccsc3)C(Cc3ccccc3)C2)cc1OC1CCCC1. The Morgan fingerprint density at radius 1 is 1.06 bits per heavy atom. The molecule has 2 atom stereocenters. The van der Waals surface area contributed by atoms with Gasteiger partial charge in [0.05, 0.1) is 19.3 Å². The number of thiophene rings is 1. The lowest BCUT2D eigenvalue weighted by Crippen LogP contribution is -2.55. The summed E-state index contributed by atoms with van der Waals surface area (Å²) < 4.78 is 12.0. The molecule has 0 spiro atoms. The van der Waals surface area contributed by atoms with E-state index in [1.165, 1.54) is 18.4 Å². The molecular weight excluding hydrogens is 456 g/mol. The molecule has 2 aliphatic rings. The van der Waals surface area contributed by atoms with Crippen molar-refractivity contribution in [1.29, 1.82) is 0 Å². The van der Waals surface area contributed by atoms with E-state index in [1.807, 2.05) is 6.07 Å². The lowest BCUT2D eigenvalue weighted by Gasteiger charge is -2.45. The summed E-state index contributed by atoms with van der Waals surface area (Å²) in [5.41, 5.74) is 3.53. The van der Waals surface area contributed by atoms with E-state index in [2.05, 4.69) is 69.1 Å². The van der Waals surface area contributed by atoms with E-state index in [0.29, 0.717) is 0 Å². The second-order valence-electron chi connectivity index (χ2n) is 9.52. The van der Waals surface area contributed by atoms with Gasteiger partial charge >= 0.3 is 0 Å². The number of methoxy groups -OCH3 is 1. The number of carbonyl (C=O) groups excluding carboxylic acids is 1. The molecule has 0 bridgehead atoms. The fraction of sp³-hybridized carbons (Fsp3) is 0.414. The molecule has 1 saturated heterocycles. The van der Waals surface area contributed by atoms with E-state index >= 15 is 0 Å². The van der Waals surface area contributed by atoms with E-state index in [1.54, 1.807) is 18.4 Å². The van der Waals surface area contributed by atoms with Gasteiger partial charge in [-0.3, -0.25) is 4.90 Å². The van der Waals surface area contributed by atoms with Gasteiger partial charge in [-0.2, -0.15) is 11.3 Å². The highest BCUT2D eigenvalue weighted by atomic mass is 32.1. The Labute approximate surface area is 212 Å². The highest BCUT2D eigenvalue weighted by molar-refractivity contribution is 7.08. The van der Waals surface area contributed by atoms with E-state index in [-0.39, 0.29) is 18.2 Å². The molecule has 35 heavy (non-hydrogen) atoms. The molecule has 1 aliphatic carbocycles. The Morgan fingerprint density at radius 3 is 2.60 bits per heavy atom. The summed E-state index contributed by atoms with van der Waals surface area (Å²) in [4.78, 5) is 17.1. The molecule has 1 saturated carbocycles. The van der Waals surface area contributed by atoms with Crippen LogP contribution in [-0.4, -0.2) is 50.1 Å². The third-order valence-electron chi connectivity index (χ3n) is 7.32. The van der Waals surface area contributed by atoms with Crippen molar-refractivity contribution in [3.05, 3.63) is 76.5 Å². The van der Waals surface area contributed by atoms with E-state index in [0.717, 1.165) is 67.9 Å². The van der Waals surface area contributed by atoms with Gasteiger partial charge in [-0.15, -0.1) is 0 Å². The van der Waals surface area contributed by atoms with E-state index < -0.39 is 0 Å². The monoisotopic (exact) mass is 490 g/mol. The largest absolute Gasteiger partial charge is 0.493 e. The molecule has 0 radical (unpaired) electrons. The minimum Gasteiger partial charge on any atom is -0.493 e. The number of anilines is 1. The number of hydrogen-bond acceptors (Lipinski definition) is 6. The van der Waals surface area contributed by atoms with Gasteiger partial charge in [-0.1, -0.05) is 30.3 Å². The summed E-state index contributed by atoms with van der Waals surface area (Å²) in [6, 6.07) is 19.0. The van der Waals surface area contributed by atoms with Crippen LogP contribution in [0.4, 0.5) is 5.69 Å². The summed E-state index contributed by atoms with van der Waals surface area (Å²) in [6.45, 7) is 2.52. The van der Waals surface area contributed by atoms with Crippen molar-refractivity contribution in [2.24, 2.45) is 0 Å². The zero-order chi connectivity index (χ0) is 24.0. The van der Waals surface area contributed by atoms with Crippen LogP contribution in [-0.2, 0) is 11.2 Å². The van der Waals surface area contributed by atoms with Gasteiger partial charge < -0.3 is 19.2 Å². The first-order chi connectivity index (χ1) is 17.2. The van der Waals surface area contributed by atoms with Gasteiger partial charge in [-0.25, -0.2) is 0 Å². The zero-order valence-corrected chi connectivity index (χ0v) is 21.2. The van der Waals surface area contributed by atoms with Crippen LogP contribution >= 0.6 is 11.3 Å². The predicted molar refractivity (Wildman–Crippen MR) is 142 cm³/mol. The number of nitrogens with zero attached hydrogens (tertiary/aromatic N) is 2. The molecule has 2 fully saturated rings. The second kappa shape index (κ2) is 11.3. The number of benzene rings is 2. The van der Waals surface area contributed by atoms with Crippen LogP contribution in [0.1, 0.15) is 42.9 Å². The van der Waals surface area contributed by atoms with Crippen LogP contribution in [0.2, 0.25) is 0 Å². The fourth-order valence-corrected chi connectivity index (χ4v) is 6.16. The molecule has 5 rings (SSSR count). The van der Waals surface area contributed by atoms with Gasteiger partial charge in [-0.05, 0) is 72.2 Å². The Balaban J connectivity index is 1.39. The number of rotatable bonds is 9. The molecule has 2 aromatic carbocycles. The smallest absolute Gasteiger partial charge is 0.163 e. The molecule has 6 heteroatoms. The molecule has 1 aliphatic heterocycles. The maximum Gasteiger partial charge on any atom is 0.163 e. The number of ether oxygens (including phenoxy) is 2. The van der Waals surface area contributed by atoms with Crippen LogP contribution in [0.25, 0.3) is 0 Å². The fourth-order valence-electron chi connectivity index (χ4n) is 5.47. The first-order valence-electron chi connectivity index (χ1n) is 12.6. The molecule has 5 nitrogen and oxygen atoms in total. The topological polar surface area (TPSA) is 42.0 Å². The van der Waals surface area contributed by atoms with Crippen LogP contribution in [0.5, 0.6) is 11.5 Å². The lowest BCUT2D eigenvalue weighted by atomic mass is 9.98. The second-order valence-corrected chi connectivity index (χ2v) is 10.3. The number of carbonyl (C=O) groups is 1. The van der Waals surface area contributed by atoms with E-state index in [4.69, 9.17) is 9.47 Å². The summed E-state index contributed by atoms with van der Waals surface area (Å²) in [7, 11) is 1.70. The quantitative estimate of drug-likeness (QED) is 0.357. The van der Waals surface area contributed by atoms with Crippen molar-refractivity contribution >= 4 is 23.3 Å². The Hall–Kier alpha value is -2.83. The maximum absolute atomic E-state index is 12.3. The minimum atomic E-state index is -0.214. The first kappa shape index (κ1) is 23.9. The van der Waals surface area contributed by atoms with Crippen molar-refractivity contribution in [2.75, 3.05) is 31.6 Å². The molecule has 0 amide bonds. The van der Waals surface area contributed by atoms with Crippen LogP contribution in [0.3, 0.4) is 0 Å². The Bertz CT molecular complexity index is 1080. The average Bonchev–Trinajstić information content (AvgIpc) is 3.61. The summed E-state index contributed by atoms with van der Waals surface area (Å²) in [5.74, 6) is 1.63. The van der Waals surface area contributed by atoms with Crippen LogP contribution in [0, 0.1) is 0 Å². The van der Waals surface area contributed by atoms with Gasteiger partial charge in [0.2, 0.25) is 0 Å². The van der Waals surface area contributed by atoms with Gasteiger partial charge in [0.15, 0.2) is 11.5 Å². The van der Waals surface area contributed by atoms with Crippen molar-refractivity contribution in [2.45, 2.75) is 50.3 Å². The summed E-state index contributed by atoms with van der Waals surface area (Å²) in [6.07, 6.45) is 6.97. The summed E-state index contributed by atoms with van der Waals surface area (Å²) >= 11 is 1.65. The van der Waals surface area contributed by atoms with Gasteiger partial charge in [0.25, 0.3) is 0 Å². The Morgan fingerprint density at radius 2 is 1.89 bits per heavy atom. The zero-order valence-electron chi connectivity index (χ0n) is 20.3. The first-order valence-corrected chi connectivity index (χ1v) is 13.6. The number of aldehydes is 1. The molecule has 0 N–H and O–H groups in total. The average molecular weight is 491 g/mol. The lowest BCUT2D eigenvalue weighted by molar-refractivity contribution is -0.113. The standard InChI is InChI=1S/C29H34N2O3S/c1-33-28-12-11-24(18-29(28)34-26-9-5-6-10-26)30-14-15-31(27(20-32)23-13-16-35-21-23)25(19-30)17-22-7-3-2-4-8-22/h2-4,7-8,11-13,16,18,20-21,25-27H,5-6,9-10,14-15,17,19H2,1H3/t25?,27-/m1/s1. The molecule has 1 unspecified atom stereocenters. The maximum atomic E-state index is 12.3. The van der Waals surface area contributed by atoms with Gasteiger partial charge in [0, 0.05) is 37.4 Å². The van der Waals surface area contributed by atoms with Crippen molar-refractivity contribution < 1.29 is 14.3 Å². The molecule has 1 aromatic heterocycles. The number of piperazine rings is 1. The van der Waals surface area contributed by atoms with Crippen LogP contribution in [0.15, 0.2) is 65.4 Å². The van der Waals surface area contributed by atoms with Crippen molar-refractivity contribution in [1.82, 2.24) is 4.90 Å². The summed E-state index contributed by atoms with van der Waals surface area (Å²) in [5, 5.41) is 4.15. The number of hydrogen-bond donors (Lipinski definition) is 0. The predicted octanol–water partition coefficient (Wildman–Crippen LogP) is 5.75. The molecule has 2 heterocycles. The molecule has 184 valence electrons. The molecule has 3 aromatic rings. The highest BCUT2D eigenvalue weighted by Gasteiger charge is 2.33. The third kappa shape index (κ3) is 5.54. The Kier molecular flexibility index (Phi) is 7.69. The van der Waals surface area contributed by atoms with Crippen molar-refractivity contribution in [3.63, 3.8) is 0 Å². The highest BCUT2D eigenvalue weighted by Crippen LogP contribution is 2.36. The van der Waals surface area contributed by atoms with Crippen LogP contribution < -0.4 is 14.4 Å².